The standard InChI is InChI=1S/C19H20N4O3S/c1-25-11-12-26-17-8-5-15(13-21-17)22-18(24)14-3-6-16(7-4-14)23-10-9-20-19(23)27-2/h3-10,13H,11-12H2,1-2H3,(H,22,24). The van der Waals surface area contributed by atoms with E-state index in [4.69, 9.17) is 9.47 Å². The second kappa shape index (κ2) is 9.20. The van der Waals surface area contributed by atoms with Gasteiger partial charge in [-0.25, -0.2) is 9.97 Å². The molecule has 0 saturated carbocycles. The minimum atomic E-state index is -0.202. The summed E-state index contributed by atoms with van der Waals surface area (Å²) in [6.07, 6.45) is 7.18. The lowest BCUT2D eigenvalue weighted by molar-refractivity contribution is 0.102. The van der Waals surface area contributed by atoms with Crippen LogP contribution in [0.5, 0.6) is 5.88 Å². The van der Waals surface area contributed by atoms with Crippen molar-refractivity contribution < 1.29 is 14.3 Å². The third kappa shape index (κ3) is 4.87. The van der Waals surface area contributed by atoms with Crippen LogP contribution in [-0.4, -0.2) is 47.0 Å². The van der Waals surface area contributed by atoms with Crippen LogP contribution < -0.4 is 10.1 Å². The molecule has 8 heteroatoms. The smallest absolute Gasteiger partial charge is 0.255 e. The molecule has 0 spiro atoms. The number of rotatable bonds is 8. The van der Waals surface area contributed by atoms with E-state index >= 15 is 0 Å². The Morgan fingerprint density at radius 3 is 2.63 bits per heavy atom. The summed E-state index contributed by atoms with van der Waals surface area (Å²) in [7, 11) is 1.61. The van der Waals surface area contributed by atoms with Gasteiger partial charge in [0.2, 0.25) is 5.88 Å². The van der Waals surface area contributed by atoms with Crippen molar-refractivity contribution >= 4 is 23.4 Å². The van der Waals surface area contributed by atoms with E-state index in [9.17, 15) is 4.79 Å². The van der Waals surface area contributed by atoms with Crippen molar-refractivity contribution in [1.82, 2.24) is 14.5 Å². The quantitative estimate of drug-likeness (QED) is 0.474. The SMILES string of the molecule is COCCOc1ccc(NC(=O)c2ccc(-n3ccnc3SC)cc2)cn1. The van der Waals surface area contributed by atoms with Crippen LogP contribution >= 0.6 is 11.8 Å². The van der Waals surface area contributed by atoms with Gasteiger partial charge in [0.05, 0.1) is 18.5 Å². The average molecular weight is 384 g/mol. The molecule has 3 aromatic rings. The number of imidazole rings is 1. The second-order valence-electron chi connectivity index (χ2n) is 5.51. The fourth-order valence-corrected chi connectivity index (χ4v) is 2.91. The van der Waals surface area contributed by atoms with Crippen LogP contribution in [0, 0.1) is 0 Å². The Bertz CT molecular complexity index is 879. The van der Waals surface area contributed by atoms with E-state index in [1.807, 2.05) is 29.2 Å². The molecule has 0 atom stereocenters. The fraction of sp³-hybridized carbons (Fsp3) is 0.211. The summed E-state index contributed by atoms with van der Waals surface area (Å²) in [5.74, 6) is 0.284. The zero-order valence-electron chi connectivity index (χ0n) is 15.1. The largest absolute Gasteiger partial charge is 0.475 e. The molecule has 7 nitrogen and oxygen atoms in total. The van der Waals surface area contributed by atoms with Crippen LogP contribution in [0.15, 0.2) is 60.1 Å². The topological polar surface area (TPSA) is 78.3 Å². The van der Waals surface area contributed by atoms with E-state index in [1.165, 1.54) is 0 Å². The van der Waals surface area contributed by atoms with Crippen LogP contribution in [0.1, 0.15) is 10.4 Å². The van der Waals surface area contributed by atoms with E-state index in [1.54, 1.807) is 55.5 Å². The molecule has 27 heavy (non-hydrogen) atoms. The number of hydrogen-bond acceptors (Lipinski definition) is 6. The first-order valence-corrected chi connectivity index (χ1v) is 9.50. The zero-order valence-corrected chi connectivity index (χ0v) is 15.9. The van der Waals surface area contributed by atoms with Gasteiger partial charge in [-0.15, -0.1) is 0 Å². The predicted molar refractivity (Wildman–Crippen MR) is 105 cm³/mol. The molecule has 0 unspecified atom stereocenters. The van der Waals surface area contributed by atoms with Crippen LogP contribution in [0.25, 0.3) is 5.69 Å². The van der Waals surface area contributed by atoms with Crippen LogP contribution in [0.2, 0.25) is 0 Å². The lowest BCUT2D eigenvalue weighted by Gasteiger charge is -2.09. The molecule has 0 aliphatic heterocycles. The Labute approximate surface area is 161 Å². The zero-order chi connectivity index (χ0) is 19.1. The van der Waals surface area contributed by atoms with Gasteiger partial charge in [-0.2, -0.15) is 0 Å². The Hall–Kier alpha value is -2.84. The number of nitrogens with one attached hydrogen (secondary N) is 1. The number of carbonyl (C=O) groups is 1. The molecule has 3 rings (SSSR count). The number of ether oxygens (including phenoxy) is 2. The molecular weight excluding hydrogens is 364 g/mol. The van der Waals surface area contributed by atoms with Crippen molar-refractivity contribution in [3.8, 4) is 11.6 Å². The van der Waals surface area contributed by atoms with Crippen molar-refractivity contribution in [3.05, 3.63) is 60.6 Å². The highest BCUT2D eigenvalue weighted by molar-refractivity contribution is 7.98. The average Bonchev–Trinajstić information content (AvgIpc) is 3.18. The lowest BCUT2D eigenvalue weighted by atomic mass is 10.2. The number of nitrogens with zero attached hydrogens (tertiary/aromatic N) is 3. The van der Waals surface area contributed by atoms with E-state index in [0.29, 0.717) is 30.3 Å². The van der Waals surface area contributed by atoms with Crippen molar-refractivity contribution in [2.24, 2.45) is 0 Å². The van der Waals surface area contributed by atoms with Crippen LogP contribution in [0.3, 0.4) is 0 Å². The molecular formula is C19H20N4O3S. The summed E-state index contributed by atoms with van der Waals surface area (Å²) >= 11 is 1.56. The molecule has 140 valence electrons. The lowest BCUT2D eigenvalue weighted by Crippen LogP contribution is -2.12. The molecule has 1 aromatic carbocycles. The molecule has 1 N–H and O–H groups in total. The highest BCUT2D eigenvalue weighted by Crippen LogP contribution is 2.19. The number of pyridine rings is 1. The Kier molecular flexibility index (Phi) is 6.45. The van der Waals surface area contributed by atoms with Gasteiger partial charge in [-0.1, -0.05) is 11.8 Å². The van der Waals surface area contributed by atoms with Gasteiger partial charge < -0.3 is 14.8 Å². The third-order valence-corrected chi connectivity index (χ3v) is 4.40. The molecule has 0 bridgehead atoms. The normalized spacial score (nSPS) is 10.6. The van der Waals surface area contributed by atoms with Gasteiger partial charge in [0.1, 0.15) is 6.61 Å². The number of hydrogen-bond donors (Lipinski definition) is 1. The molecule has 0 saturated heterocycles. The van der Waals surface area contributed by atoms with Gasteiger partial charge in [0.25, 0.3) is 5.91 Å². The highest BCUT2D eigenvalue weighted by atomic mass is 32.2. The number of thioether (sulfide) groups is 1. The van der Waals surface area contributed by atoms with Gasteiger partial charge >= 0.3 is 0 Å². The molecule has 2 heterocycles. The van der Waals surface area contributed by atoms with Gasteiger partial charge in [-0.05, 0) is 36.6 Å². The third-order valence-electron chi connectivity index (χ3n) is 3.73. The molecule has 0 aliphatic carbocycles. The molecule has 0 fully saturated rings. The van der Waals surface area contributed by atoms with Crippen molar-refractivity contribution in [2.45, 2.75) is 5.16 Å². The summed E-state index contributed by atoms with van der Waals surface area (Å²) < 4.78 is 12.3. The summed E-state index contributed by atoms with van der Waals surface area (Å²) in [5, 5.41) is 3.72. The van der Waals surface area contributed by atoms with E-state index in [-0.39, 0.29) is 5.91 Å². The maximum absolute atomic E-state index is 12.4. The monoisotopic (exact) mass is 384 g/mol. The second-order valence-corrected chi connectivity index (χ2v) is 6.28. The maximum atomic E-state index is 12.4. The Morgan fingerprint density at radius 2 is 1.96 bits per heavy atom. The first-order chi connectivity index (χ1) is 13.2. The van der Waals surface area contributed by atoms with E-state index in [2.05, 4.69) is 15.3 Å². The number of benzene rings is 1. The first kappa shape index (κ1) is 18.9. The van der Waals surface area contributed by atoms with Gasteiger partial charge in [0, 0.05) is 36.8 Å². The van der Waals surface area contributed by atoms with Crippen molar-refractivity contribution in [3.63, 3.8) is 0 Å². The predicted octanol–water partition coefficient (Wildman–Crippen LogP) is 3.27. The van der Waals surface area contributed by atoms with Crippen molar-refractivity contribution in [1.29, 1.82) is 0 Å². The first-order valence-electron chi connectivity index (χ1n) is 8.28. The van der Waals surface area contributed by atoms with Crippen LogP contribution in [-0.2, 0) is 4.74 Å². The highest BCUT2D eigenvalue weighted by Gasteiger charge is 2.09. The number of methoxy groups -OCH3 is 1. The Balaban J connectivity index is 1.62. The van der Waals surface area contributed by atoms with E-state index in [0.717, 1.165) is 10.8 Å². The number of carbonyl (C=O) groups excluding carboxylic acids is 1. The number of anilines is 1. The molecule has 2 aromatic heterocycles. The van der Waals surface area contributed by atoms with Gasteiger partial charge in [0.15, 0.2) is 5.16 Å². The molecule has 0 radical (unpaired) electrons. The molecule has 0 aliphatic rings. The summed E-state index contributed by atoms with van der Waals surface area (Å²) in [6.45, 7) is 0.921. The minimum absolute atomic E-state index is 0.202. The van der Waals surface area contributed by atoms with Crippen LogP contribution in [0.4, 0.5) is 5.69 Å². The van der Waals surface area contributed by atoms with Gasteiger partial charge in [-0.3, -0.25) is 9.36 Å². The number of amides is 1. The summed E-state index contributed by atoms with van der Waals surface area (Å²) in [6, 6.07) is 10.8. The van der Waals surface area contributed by atoms with Crippen molar-refractivity contribution in [2.75, 3.05) is 31.9 Å². The van der Waals surface area contributed by atoms with E-state index < -0.39 is 0 Å². The summed E-state index contributed by atoms with van der Waals surface area (Å²) in [4.78, 5) is 20.9. The molecule has 1 amide bonds. The fourth-order valence-electron chi connectivity index (χ4n) is 2.38. The Morgan fingerprint density at radius 1 is 1.15 bits per heavy atom. The minimum Gasteiger partial charge on any atom is -0.475 e. The summed E-state index contributed by atoms with van der Waals surface area (Å²) in [5.41, 5.74) is 2.11. The number of aromatic nitrogens is 3. The maximum Gasteiger partial charge on any atom is 0.255 e.